The van der Waals surface area contributed by atoms with Crippen molar-refractivity contribution in [2.75, 3.05) is 5.73 Å². The van der Waals surface area contributed by atoms with Crippen LogP contribution in [0.2, 0.25) is 0 Å². The summed E-state index contributed by atoms with van der Waals surface area (Å²) in [6.45, 7) is 4.54. The summed E-state index contributed by atoms with van der Waals surface area (Å²) in [6, 6.07) is 20.0. The summed E-state index contributed by atoms with van der Waals surface area (Å²) >= 11 is 0. The normalized spacial score (nSPS) is 10.3. The maximum absolute atomic E-state index is 9.52. The number of nitrogens with zero attached hydrogens (tertiary/aromatic N) is 2. The number of nitriles is 1. The van der Waals surface area contributed by atoms with Gasteiger partial charge in [-0.1, -0.05) is 49.4 Å². The minimum Gasteiger partial charge on any atom is -0.489 e. The van der Waals surface area contributed by atoms with E-state index in [0.717, 1.165) is 40.1 Å². The Kier molecular flexibility index (Phi) is 5.19. The van der Waals surface area contributed by atoms with E-state index in [4.69, 9.17) is 10.5 Å². The molecule has 4 heteroatoms. The van der Waals surface area contributed by atoms with E-state index in [-0.39, 0.29) is 5.82 Å². The van der Waals surface area contributed by atoms with Crippen LogP contribution in [-0.2, 0) is 13.0 Å². The van der Waals surface area contributed by atoms with Gasteiger partial charge in [0.25, 0.3) is 0 Å². The molecule has 0 radical (unpaired) electrons. The molecule has 0 aliphatic heterocycles. The van der Waals surface area contributed by atoms with Crippen LogP contribution < -0.4 is 10.5 Å². The molecule has 2 N–H and O–H groups in total. The lowest BCUT2D eigenvalue weighted by Gasteiger charge is -2.14. The first-order valence-electron chi connectivity index (χ1n) is 8.60. The van der Waals surface area contributed by atoms with E-state index in [1.54, 1.807) is 0 Å². The Balaban J connectivity index is 1.89. The highest BCUT2D eigenvalue weighted by Crippen LogP contribution is 2.33. The minimum absolute atomic E-state index is 0.286. The smallest absolute Gasteiger partial charge is 0.142 e. The lowest BCUT2D eigenvalue weighted by molar-refractivity contribution is 0.306. The van der Waals surface area contributed by atoms with Crippen LogP contribution in [0.3, 0.4) is 0 Å². The molecule has 1 aromatic heterocycles. The zero-order chi connectivity index (χ0) is 18.5. The fourth-order valence-corrected chi connectivity index (χ4v) is 3.02. The number of hydrogen-bond donors (Lipinski definition) is 1. The number of nitrogen functional groups attached to an aromatic ring is 1. The summed E-state index contributed by atoms with van der Waals surface area (Å²) in [4.78, 5) is 4.36. The molecule has 0 amide bonds. The number of anilines is 1. The summed E-state index contributed by atoms with van der Waals surface area (Å²) in [7, 11) is 0. The topological polar surface area (TPSA) is 71.9 Å². The van der Waals surface area contributed by atoms with Gasteiger partial charge in [-0.3, -0.25) is 0 Å². The Hall–Kier alpha value is -3.32. The average molecular weight is 343 g/mol. The molecule has 3 rings (SSSR count). The van der Waals surface area contributed by atoms with Crippen molar-refractivity contribution in [1.82, 2.24) is 4.98 Å². The molecule has 26 heavy (non-hydrogen) atoms. The van der Waals surface area contributed by atoms with Crippen molar-refractivity contribution in [1.29, 1.82) is 5.26 Å². The lowest BCUT2D eigenvalue weighted by Crippen LogP contribution is -2.05. The van der Waals surface area contributed by atoms with Gasteiger partial charge < -0.3 is 10.5 Å². The Labute approximate surface area is 153 Å². The standard InChI is InChI=1S/C22H21N3O/c1-3-20-15(2)21(19(13-23)22(24)25-20)17-9-11-18(12-10-17)26-14-16-7-5-4-6-8-16/h4-12H,3,14H2,1-2H3,(H2,24,25). The van der Waals surface area contributed by atoms with Gasteiger partial charge in [0.15, 0.2) is 0 Å². The van der Waals surface area contributed by atoms with Gasteiger partial charge in [-0.2, -0.15) is 5.26 Å². The number of nitrogens with two attached hydrogens (primary N) is 1. The number of ether oxygens (including phenoxy) is 1. The summed E-state index contributed by atoms with van der Waals surface area (Å²) in [6.07, 6.45) is 0.771. The van der Waals surface area contributed by atoms with Gasteiger partial charge in [0, 0.05) is 11.3 Å². The molecule has 0 bridgehead atoms. The number of pyridine rings is 1. The van der Waals surface area contributed by atoms with Gasteiger partial charge in [-0.05, 0) is 42.2 Å². The van der Waals surface area contributed by atoms with Crippen molar-refractivity contribution < 1.29 is 4.74 Å². The highest BCUT2D eigenvalue weighted by atomic mass is 16.5. The second-order valence-corrected chi connectivity index (χ2v) is 6.08. The van der Waals surface area contributed by atoms with Crippen molar-refractivity contribution in [3.05, 3.63) is 77.0 Å². The number of benzene rings is 2. The maximum Gasteiger partial charge on any atom is 0.142 e. The largest absolute Gasteiger partial charge is 0.489 e. The molecule has 3 aromatic rings. The fraction of sp³-hybridized carbons (Fsp3) is 0.182. The molecule has 130 valence electrons. The third-order valence-corrected chi connectivity index (χ3v) is 4.41. The van der Waals surface area contributed by atoms with Crippen LogP contribution in [0.15, 0.2) is 54.6 Å². The van der Waals surface area contributed by atoms with Gasteiger partial charge in [-0.25, -0.2) is 4.98 Å². The highest BCUT2D eigenvalue weighted by molar-refractivity contribution is 5.79. The summed E-state index contributed by atoms with van der Waals surface area (Å²) < 4.78 is 5.84. The van der Waals surface area contributed by atoms with Crippen molar-refractivity contribution in [2.45, 2.75) is 26.9 Å². The first-order valence-corrected chi connectivity index (χ1v) is 8.60. The average Bonchev–Trinajstić information content (AvgIpc) is 2.68. The summed E-state index contributed by atoms with van der Waals surface area (Å²) in [5.74, 6) is 1.07. The molecular weight excluding hydrogens is 322 g/mol. The second-order valence-electron chi connectivity index (χ2n) is 6.08. The van der Waals surface area contributed by atoms with E-state index in [0.29, 0.717) is 12.2 Å². The summed E-state index contributed by atoms with van der Waals surface area (Å²) in [5, 5.41) is 9.52. The van der Waals surface area contributed by atoms with E-state index in [1.807, 2.05) is 68.4 Å². The van der Waals surface area contributed by atoms with Gasteiger partial charge in [0.2, 0.25) is 0 Å². The minimum atomic E-state index is 0.286. The Morgan fingerprint density at radius 2 is 1.77 bits per heavy atom. The Morgan fingerprint density at radius 1 is 1.08 bits per heavy atom. The van der Waals surface area contributed by atoms with E-state index in [9.17, 15) is 5.26 Å². The molecule has 0 atom stereocenters. The number of rotatable bonds is 5. The molecule has 0 saturated heterocycles. The van der Waals surface area contributed by atoms with Crippen LogP contribution in [0, 0.1) is 18.3 Å². The van der Waals surface area contributed by atoms with Crippen molar-refractivity contribution in [3.8, 4) is 22.9 Å². The predicted molar refractivity (Wildman–Crippen MR) is 104 cm³/mol. The third kappa shape index (κ3) is 3.52. The second kappa shape index (κ2) is 7.71. The molecule has 0 saturated carbocycles. The van der Waals surface area contributed by atoms with Crippen LogP contribution in [0.5, 0.6) is 5.75 Å². The zero-order valence-electron chi connectivity index (χ0n) is 15.0. The lowest BCUT2D eigenvalue weighted by atomic mass is 9.94. The van der Waals surface area contributed by atoms with E-state index >= 15 is 0 Å². The van der Waals surface area contributed by atoms with Crippen LogP contribution >= 0.6 is 0 Å². The SMILES string of the molecule is CCc1nc(N)c(C#N)c(-c2ccc(OCc3ccccc3)cc2)c1C. The first kappa shape index (κ1) is 17.5. The van der Waals surface area contributed by atoms with Gasteiger partial charge in [-0.15, -0.1) is 0 Å². The molecule has 0 spiro atoms. The van der Waals surface area contributed by atoms with E-state index < -0.39 is 0 Å². The number of aryl methyl sites for hydroxylation is 1. The van der Waals surface area contributed by atoms with Crippen molar-refractivity contribution >= 4 is 5.82 Å². The zero-order valence-corrected chi connectivity index (χ0v) is 15.0. The maximum atomic E-state index is 9.52. The Morgan fingerprint density at radius 3 is 2.38 bits per heavy atom. The molecule has 1 heterocycles. The molecule has 0 aliphatic rings. The first-order chi connectivity index (χ1) is 12.6. The number of hydrogen-bond acceptors (Lipinski definition) is 4. The third-order valence-electron chi connectivity index (χ3n) is 4.41. The monoisotopic (exact) mass is 343 g/mol. The molecule has 0 aliphatic carbocycles. The number of aromatic nitrogens is 1. The van der Waals surface area contributed by atoms with Crippen molar-refractivity contribution in [2.24, 2.45) is 0 Å². The van der Waals surface area contributed by atoms with Gasteiger partial charge in [0.05, 0.1) is 0 Å². The quantitative estimate of drug-likeness (QED) is 0.732. The van der Waals surface area contributed by atoms with Crippen LogP contribution in [0.4, 0.5) is 5.82 Å². The van der Waals surface area contributed by atoms with Gasteiger partial charge >= 0.3 is 0 Å². The molecular formula is C22H21N3O. The Bertz CT molecular complexity index is 941. The van der Waals surface area contributed by atoms with Crippen LogP contribution in [0.25, 0.3) is 11.1 Å². The van der Waals surface area contributed by atoms with Crippen molar-refractivity contribution in [3.63, 3.8) is 0 Å². The highest BCUT2D eigenvalue weighted by Gasteiger charge is 2.16. The van der Waals surface area contributed by atoms with Gasteiger partial charge in [0.1, 0.15) is 29.8 Å². The molecule has 2 aromatic carbocycles. The molecule has 4 nitrogen and oxygen atoms in total. The summed E-state index contributed by atoms with van der Waals surface area (Å²) in [5.41, 5.74) is 11.3. The predicted octanol–water partition coefficient (Wildman–Crippen LogP) is 4.65. The molecule has 0 fully saturated rings. The van der Waals surface area contributed by atoms with E-state index in [2.05, 4.69) is 11.1 Å². The van der Waals surface area contributed by atoms with Crippen LogP contribution in [-0.4, -0.2) is 4.98 Å². The fourth-order valence-electron chi connectivity index (χ4n) is 3.02. The van der Waals surface area contributed by atoms with Crippen LogP contribution in [0.1, 0.15) is 29.3 Å². The molecule has 0 unspecified atom stereocenters. The van der Waals surface area contributed by atoms with E-state index in [1.165, 1.54) is 0 Å².